The summed E-state index contributed by atoms with van der Waals surface area (Å²) in [6.07, 6.45) is 5.92. The normalized spacial score (nSPS) is 12.8. The Morgan fingerprint density at radius 3 is 2.72 bits per heavy atom. The Labute approximate surface area is 189 Å². The van der Waals surface area contributed by atoms with Crippen LogP contribution in [0.2, 0.25) is 0 Å². The van der Waals surface area contributed by atoms with Gasteiger partial charge in [0.05, 0.1) is 0 Å². The lowest BCUT2D eigenvalue weighted by Crippen LogP contribution is -2.16. The number of aryl methyl sites for hydroxylation is 1. The second-order valence-electron chi connectivity index (χ2n) is 7.31. The average Bonchev–Trinajstić information content (AvgIpc) is 3.18. The zero-order valence-electron chi connectivity index (χ0n) is 18.0. The van der Waals surface area contributed by atoms with Crippen molar-refractivity contribution in [2.45, 2.75) is 45.4 Å². The quantitative estimate of drug-likeness (QED) is 0.289. The van der Waals surface area contributed by atoms with Gasteiger partial charge in [-0.1, -0.05) is 13.0 Å². The van der Waals surface area contributed by atoms with Crippen molar-refractivity contribution in [1.29, 1.82) is 0 Å². The van der Waals surface area contributed by atoms with Crippen LogP contribution in [0.25, 0.3) is 6.08 Å². The second kappa shape index (κ2) is 12.0. The molecule has 9 heteroatoms. The Hall–Kier alpha value is -3.17. The van der Waals surface area contributed by atoms with Gasteiger partial charge >= 0.3 is 11.7 Å². The number of aliphatic hydroxyl groups is 1. The van der Waals surface area contributed by atoms with Crippen LogP contribution in [0.5, 0.6) is 5.75 Å². The van der Waals surface area contributed by atoms with Crippen LogP contribution in [-0.2, 0) is 6.42 Å². The fourth-order valence-corrected chi connectivity index (χ4v) is 4.05. The molecule has 0 spiro atoms. The van der Waals surface area contributed by atoms with Gasteiger partial charge in [-0.05, 0) is 56.4 Å². The number of aromatic hydroxyl groups is 1. The minimum Gasteiger partial charge on any atom is -0.507 e. The fourth-order valence-electron chi connectivity index (χ4n) is 2.99. The fraction of sp³-hybridized carbons (Fsp3) is 0.348. The average molecular weight is 462 g/mol. The maximum absolute atomic E-state index is 12.8. The number of hydrogen-bond donors (Lipinski definition) is 4. The molecule has 4 N–H and O–H groups in total. The summed E-state index contributed by atoms with van der Waals surface area (Å²) in [5.74, 6) is -1.02. The summed E-state index contributed by atoms with van der Waals surface area (Å²) in [5, 5.41) is 29.9. The molecule has 0 aliphatic rings. The number of carbonyl (C=O) groups excluding carboxylic acids is 1. The van der Waals surface area contributed by atoms with E-state index < -0.39 is 28.8 Å². The number of hydrogen-bond acceptors (Lipinski definition) is 7. The van der Waals surface area contributed by atoms with Crippen LogP contribution in [-0.4, -0.2) is 33.8 Å². The van der Waals surface area contributed by atoms with E-state index in [-0.39, 0.29) is 18.3 Å². The molecule has 0 fully saturated rings. The summed E-state index contributed by atoms with van der Waals surface area (Å²) in [6.45, 7) is 3.49. The largest absolute Gasteiger partial charge is 0.507 e. The molecule has 0 radical (unpaired) electrons. The molecule has 0 saturated carbocycles. The van der Waals surface area contributed by atoms with E-state index in [0.29, 0.717) is 24.8 Å². The van der Waals surface area contributed by atoms with Gasteiger partial charge < -0.3 is 19.7 Å². The maximum Gasteiger partial charge on any atom is 0.408 e. The smallest absolute Gasteiger partial charge is 0.408 e. The van der Waals surface area contributed by atoms with Crippen molar-refractivity contribution >= 4 is 29.3 Å². The van der Waals surface area contributed by atoms with Gasteiger partial charge in [-0.3, -0.25) is 10.1 Å². The number of Topliss-reactive ketones (excluding diaryl/α,β-unsaturated/α-hetero) is 1. The van der Waals surface area contributed by atoms with E-state index >= 15 is 0 Å². The number of carbonyl (C=O) groups is 2. The topological polar surface area (TPSA) is 137 Å². The van der Waals surface area contributed by atoms with Crippen molar-refractivity contribution in [3.8, 4) is 5.75 Å². The number of nitrogens with one attached hydrogen (secondary N) is 1. The summed E-state index contributed by atoms with van der Waals surface area (Å²) in [5.41, 5.74) is -1.01. The molecule has 0 aliphatic heterocycles. The Bertz CT molecular complexity index is 1060. The Kier molecular flexibility index (Phi) is 9.42. The van der Waals surface area contributed by atoms with E-state index in [2.05, 4.69) is 5.32 Å². The van der Waals surface area contributed by atoms with Gasteiger partial charge in [-0.25, -0.2) is 9.59 Å². The molecule has 172 valence electrons. The van der Waals surface area contributed by atoms with Crippen molar-refractivity contribution < 1.29 is 29.3 Å². The minimum absolute atomic E-state index is 0.114. The summed E-state index contributed by atoms with van der Waals surface area (Å²) in [6, 6.07) is 5.07. The second-order valence-corrected chi connectivity index (χ2v) is 8.51. The molecular weight excluding hydrogens is 434 g/mol. The third-order valence-electron chi connectivity index (χ3n) is 4.73. The molecule has 1 amide bonds. The van der Waals surface area contributed by atoms with Crippen LogP contribution in [0.1, 0.15) is 64.9 Å². The Balaban J connectivity index is 2.12. The summed E-state index contributed by atoms with van der Waals surface area (Å²) >= 11 is 1.49. The van der Waals surface area contributed by atoms with Crippen molar-refractivity contribution in [3.63, 3.8) is 0 Å². The molecule has 0 aromatic carbocycles. The molecular formula is C23H27NO7S. The molecule has 2 aromatic rings. The van der Waals surface area contributed by atoms with E-state index in [1.807, 2.05) is 12.1 Å². The summed E-state index contributed by atoms with van der Waals surface area (Å²) < 4.78 is 5.30. The molecule has 8 nitrogen and oxygen atoms in total. The van der Waals surface area contributed by atoms with Crippen LogP contribution >= 0.6 is 11.3 Å². The molecule has 2 aromatic heterocycles. The van der Waals surface area contributed by atoms with Crippen LogP contribution in [0, 0.1) is 0 Å². The molecule has 2 rings (SSSR count). The molecule has 0 aliphatic carbocycles. The maximum atomic E-state index is 12.8. The van der Waals surface area contributed by atoms with Gasteiger partial charge in [0.25, 0.3) is 0 Å². The van der Waals surface area contributed by atoms with Gasteiger partial charge in [0.2, 0.25) is 0 Å². The lowest BCUT2D eigenvalue weighted by molar-refractivity contribution is 0.102. The first kappa shape index (κ1) is 25.1. The van der Waals surface area contributed by atoms with Gasteiger partial charge in [0.15, 0.2) is 5.78 Å². The number of thiophene rings is 1. The Morgan fingerprint density at radius 2 is 2.06 bits per heavy atom. The predicted molar refractivity (Wildman–Crippen MR) is 122 cm³/mol. The molecule has 0 saturated heterocycles. The summed E-state index contributed by atoms with van der Waals surface area (Å²) in [4.78, 5) is 37.5. The predicted octanol–water partition coefficient (Wildman–Crippen LogP) is 4.28. The van der Waals surface area contributed by atoms with E-state index in [0.717, 1.165) is 16.2 Å². The standard InChI is InChI=1S/C23H27NO7S/c1-14(6-3-4-10-24-23(29)30)19-13-18(26)20(22(28)31-19)21(27)15(2)12-17-9-8-16(32-17)7-5-11-25/h4,8-10,12-14,24-26H,3,5-7,11H2,1-2H3,(H,29,30)/b10-4+,15-12?. The first-order chi connectivity index (χ1) is 15.2. The first-order valence-corrected chi connectivity index (χ1v) is 11.0. The monoisotopic (exact) mass is 461 g/mol. The number of aliphatic hydroxyl groups excluding tert-OH is 1. The first-order valence-electron chi connectivity index (χ1n) is 10.2. The van der Waals surface area contributed by atoms with Crippen molar-refractivity contribution in [3.05, 3.63) is 67.5 Å². The van der Waals surface area contributed by atoms with Crippen LogP contribution in [0.4, 0.5) is 4.79 Å². The van der Waals surface area contributed by atoms with E-state index in [1.54, 1.807) is 26.0 Å². The van der Waals surface area contributed by atoms with Crippen LogP contribution in [0.3, 0.4) is 0 Å². The summed E-state index contributed by atoms with van der Waals surface area (Å²) in [7, 11) is 0. The van der Waals surface area contributed by atoms with Crippen LogP contribution in [0.15, 0.2) is 45.3 Å². The minimum atomic E-state index is -1.16. The number of allylic oxidation sites excluding steroid dienone is 2. The zero-order chi connectivity index (χ0) is 23.7. The third-order valence-corrected chi connectivity index (χ3v) is 5.83. The van der Waals surface area contributed by atoms with Gasteiger partial charge in [-0.15, -0.1) is 11.3 Å². The van der Waals surface area contributed by atoms with Crippen LogP contribution < -0.4 is 10.9 Å². The van der Waals surface area contributed by atoms with Crippen molar-refractivity contribution in [2.24, 2.45) is 0 Å². The van der Waals surface area contributed by atoms with Gasteiger partial charge in [-0.2, -0.15) is 0 Å². The Morgan fingerprint density at radius 1 is 1.31 bits per heavy atom. The molecule has 1 unspecified atom stereocenters. The molecule has 2 heterocycles. The highest BCUT2D eigenvalue weighted by molar-refractivity contribution is 7.12. The van der Waals surface area contributed by atoms with Gasteiger partial charge in [0, 0.05) is 34.5 Å². The number of amides is 1. The SMILES string of the molecule is CC(=Cc1ccc(CCCO)s1)C(=O)c1c(O)cc(C(C)CC/C=C/NC(=O)O)oc1=O. The number of rotatable bonds is 11. The van der Waals surface area contributed by atoms with Crippen molar-refractivity contribution in [1.82, 2.24) is 5.32 Å². The highest BCUT2D eigenvalue weighted by atomic mass is 32.1. The molecule has 1 atom stereocenters. The molecule has 0 bridgehead atoms. The van der Waals surface area contributed by atoms with E-state index in [4.69, 9.17) is 14.6 Å². The van der Waals surface area contributed by atoms with E-state index in [1.165, 1.54) is 23.6 Å². The highest BCUT2D eigenvalue weighted by Gasteiger charge is 2.22. The third kappa shape index (κ3) is 7.21. The van der Waals surface area contributed by atoms with E-state index in [9.17, 15) is 19.5 Å². The molecule has 32 heavy (non-hydrogen) atoms. The highest BCUT2D eigenvalue weighted by Crippen LogP contribution is 2.27. The lowest BCUT2D eigenvalue weighted by Gasteiger charge is -2.11. The number of ketones is 1. The van der Waals surface area contributed by atoms with Gasteiger partial charge in [0.1, 0.15) is 17.1 Å². The number of carboxylic acid groups (broad SMARTS) is 1. The lowest BCUT2D eigenvalue weighted by atomic mass is 10.00. The van der Waals surface area contributed by atoms with Crippen molar-refractivity contribution in [2.75, 3.05) is 6.61 Å². The zero-order valence-corrected chi connectivity index (χ0v) is 18.8.